The summed E-state index contributed by atoms with van der Waals surface area (Å²) in [7, 11) is 1.56. The molecule has 8 nitrogen and oxygen atoms in total. The smallest absolute Gasteiger partial charge is 0.365 e. The van der Waals surface area contributed by atoms with Gasteiger partial charge < -0.3 is 15.2 Å². The molecule has 1 saturated heterocycles. The van der Waals surface area contributed by atoms with Crippen molar-refractivity contribution in [2.45, 2.75) is 32.6 Å². The Morgan fingerprint density at radius 1 is 1.24 bits per heavy atom. The van der Waals surface area contributed by atoms with Crippen LogP contribution in [0.25, 0.3) is 11.0 Å². The van der Waals surface area contributed by atoms with Gasteiger partial charge in [-0.3, -0.25) is 19.5 Å². The Morgan fingerprint density at radius 3 is 2.62 bits per heavy atom. The Bertz CT molecular complexity index is 1270. The Kier molecular flexibility index (Phi) is 6.30. The summed E-state index contributed by atoms with van der Waals surface area (Å²) in [5.41, 5.74) is -0.00499. The number of piperazine rings is 1. The van der Waals surface area contributed by atoms with Crippen LogP contribution >= 0.6 is 0 Å². The number of alkyl halides is 3. The topological polar surface area (TPSA) is 94.2 Å². The molecule has 1 fully saturated rings. The van der Waals surface area contributed by atoms with Crippen LogP contribution in [0.3, 0.4) is 0 Å². The molecule has 2 N–H and O–H groups in total. The number of H-pyrrole nitrogens is 1. The van der Waals surface area contributed by atoms with Gasteiger partial charge in [-0.15, -0.1) is 0 Å². The summed E-state index contributed by atoms with van der Waals surface area (Å²) < 4.78 is 39.6. The Morgan fingerprint density at radius 2 is 2.00 bits per heavy atom. The minimum Gasteiger partial charge on any atom is -0.365 e. The van der Waals surface area contributed by atoms with Crippen molar-refractivity contribution in [1.82, 2.24) is 25.2 Å². The van der Waals surface area contributed by atoms with Gasteiger partial charge in [-0.2, -0.15) is 13.2 Å². The fraction of sp³-hybridized carbons (Fsp3) is 0.391. The number of aromatic nitrogens is 3. The van der Waals surface area contributed by atoms with E-state index in [-0.39, 0.29) is 23.0 Å². The molecule has 0 saturated carbocycles. The highest BCUT2D eigenvalue weighted by atomic mass is 19.4. The first-order chi connectivity index (χ1) is 16.1. The fourth-order valence-corrected chi connectivity index (χ4v) is 4.44. The molecule has 1 aliphatic heterocycles. The molecule has 0 radical (unpaired) electrons. The molecule has 1 amide bonds. The van der Waals surface area contributed by atoms with Crippen molar-refractivity contribution < 1.29 is 18.0 Å². The molecule has 1 atom stereocenters. The minimum absolute atomic E-state index is 0.140. The maximum Gasteiger partial charge on any atom is 0.422 e. The standard InChI is InChI=1S/C23H25F3N6O2/c1-13-11-31(6-7-32(13)16-4-5-17(28-10-16)21(33)27-3)12-15-8-18-20(29-9-15)14(2)19(22(34)30-18)23(24,25)26/h4-5,8-10,13H,6-7,11-12H2,1-3H3,(H,27,33)(H,30,34)/t13-/m1/s1. The van der Waals surface area contributed by atoms with Crippen LogP contribution in [0.4, 0.5) is 18.9 Å². The van der Waals surface area contributed by atoms with E-state index in [0.29, 0.717) is 17.8 Å². The van der Waals surface area contributed by atoms with Gasteiger partial charge in [0.15, 0.2) is 0 Å². The van der Waals surface area contributed by atoms with E-state index in [9.17, 15) is 22.8 Å². The van der Waals surface area contributed by atoms with Gasteiger partial charge in [-0.1, -0.05) is 0 Å². The van der Waals surface area contributed by atoms with Gasteiger partial charge in [0.25, 0.3) is 11.5 Å². The van der Waals surface area contributed by atoms with Gasteiger partial charge in [0, 0.05) is 45.5 Å². The second-order valence-electron chi connectivity index (χ2n) is 8.45. The summed E-state index contributed by atoms with van der Waals surface area (Å²) in [4.78, 5) is 39.0. The highest BCUT2D eigenvalue weighted by Crippen LogP contribution is 2.31. The molecule has 0 unspecified atom stereocenters. The van der Waals surface area contributed by atoms with E-state index in [2.05, 4.69) is 37.0 Å². The Labute approximate surface area is 193 Å². The van der Waals surface area contributed by atoms with Crippen molar-refractivity contribution in [3.8, 4) is 0 Å². The quantitative estimate of drug-likeness (QED) is 0.604. The number of pyridine rings is 3. The molecular weight excluding hydrogens is 449 g/mol. The number of aromatic amines is 1. The number of hydrogen-bond acceptors (Lipinski definition) is 6. The van der Waals surface area contributed by atoms with Crippen LogP contribution in [0.15, 0.2) is 35.4 Å². The lowest BCUT2D eigenvalue weighted by atomic mass is 10.1. The van der Waals surface area contributed by atoms with Crippen LogP contribution < -0.4 is 15.8 Å². The van der Waals surface area contributed by atoms with Gasteiger partial charge in [0.2, 0.25) is 0 Å². The van der Waals surface area contributed by atoms with Crippen LogP contribution in [0, 0.1) is 6.92 Å². The number of hydrogen-bond donors (Lipinski definition) is 2. The lowest BCUT2D eigenvalue weighted by Crippen LogP contribution is -2.51. The van der Waals surface area contributed by atoms with Gasteiger partial charge >= 0.3 is 6.18 Å². The van der Waals surface area contributed by atoms with Crippen molar-refractivity contribution >= 4 is 22.6 Å². The molecular formula is C23H25F3N6O2. The number of nitrogens with zero attached hydrogens (tertiary/aromatic N) is 4. The third-order valence-corrected chi connectivity index (χ3v) is 6.09. The first kappa shape index (κ1) is 23.7. The van der Waals surface area contributed by atoms with Crippen molar-refractivity contribution in [2.75, 3.05) is 31.6 Å². The molecule has 0 spiro atoms. The molecule has 0 aliphatic carbocycles. The third kappa shape index (κ3) is 4.60. The summed E-state index contributed by atoms with van der Waals surface area (Å²) in [5, 5.41) is 2.55. The maximum absolute atomic E-state index is 13.2. The first-order valence-electron chi connectivity index (χ1n) is 10.8. The minimum atomic E-state index is -4.74. The summed E-state index contributed by atoms with van der Waals surface area (Å²) in [6.45, 7) is 6.16. The molecule has 3 aromatic heterocycles. The number of halogens is 3. The zero-order valence-corrected chi connectivity index (χ0v) is 19.0. The van der Waals surface area contributed by atoms with E-state index in [1.807, 2.05) is 6.07 Å². The number of aryl methyl sites for hydroxylation is 1. The number of amides is 1. The number of carbonyl (C=O) groups excluding carboxylic acids is 1. The van der Waals surface area contributed by atoms with Crippen LogP contribution in [0.1, 0.15) is 34.1 Å². The van der Waals surface area contributed by atoms with E-state index >= 15 is 0 Å². The SMILES string of the molecule is CNC(=O)c1ccc(N2CCN(Cc3cnc4c(C)c(C(F)(F)F)c(=O)[nH]c4c3)C[C@H]2C)cn1. The zero-order chi connectivity index (χ0) is 24.6. The highest BCUT2D eigenvalue weighted by molar-refractivity contribution is 5.92. The molecule has 180 valence electrons. The number of rotatable bonds is 4. The molecule has 11 heteroatoms. The maximum atomic E-state index is 13.2. The first-order valence-corrected chi connectivity index (χ1v) is 10.8. The van der Waals surface area contributed by atoms with E-state index < -0.39 is 17.3 Å². The number of nitrogens with one attached hydrogen (secondary N) is 2. The molecule has 0 bridgehead atoms. The van der Waals surface area contributed by atoms with Gasteiger partial charge in [0.05, 0.1) is 22.9 Å². The summed E-state index contributed by atoms with van der Waals surface area (Å²) in [6, 6.07) is 5.44. The second-order valence-corrected chi connectivity index (χ2v) is 8.45. The van der Waals surface area contributed by atoms with Crippen LogP contribution in [0.5, 0.6) is 0 Å². The van der Waals surface area contributed by atoms with Crippen molar-refractivity contribution in [2.24, 2.45) is 0 Å². The largest absolute Gasteiger partial charge is 0.422 e. The summed E-state index contributed by atoms with van der Waals surface area (Å²) in [6.07, 6.45) is -1.48. The van der Waals surface area contributed by atoms with E-state index in [0.717, 1.165) is 30.9 Å². The van der Waals surface area contributed by atoms with Crippen LogP contribution in [0.2, 0.25) is 0 Å². The van der Waals surface area contributed by atoms with Crippen LogP contribution in [-0.4, -0.2) is 58.5 Å². The predicted octanol–water partition coefficient (Wildman–Crippen LogP) is 2.72. The summed E-state index contributed by atoms with van der Waals surface area (Å²) in [5.74, 6) is -0.236. The fourth-order valence-electron chi connectivity index (χ4n) is 4.44. The van der Waals surface area contributed by atoms with Gasteiger partial charge in [-0.25, -0.2) is 4.98 Å². The molecule has 3 aromatic rings. The Hall–Kier alpha value is -3.47. The average Bonchev–Trinajstić information content (AvgIpc) is 2.77. The molecule has 0 aromatic carbocycles. The predicted molar refractivity (Wildman–Crippen MR) is 122 cm³/mol. The summed E-state index contributed by atoms with van der Waals surface area (Å²) >= 11 is 0. The number of fused-ring (bicyclic) bond motifs is 1. The normalized spacial score (nSPS) is 17.2. The van der Waals surface area contributed by atoms with Crippen molar-refractivity contribution in [3.05, 3.63) is 63.3 Å². The van der Waals surface area contributed by atoms with Crippen molar-refractivity contribution in [3.63, 3.8) is 0 Å². The molecule has 4 rings (SSSR count). The lowest BCUT2D eigenvalue weighted by molar-refractivity contribution is -0.139. The molecule has 34 heavy (non-hydrogen) atoms. The average molecular weight is 474 g/mol. The Balaban J connectivity index is 1.47. The number of carbonyl (C=O) groups is 1. The monoisotopic (exact) mass is 474 g/mol. The highest BCUT2D eigenvalue weighted by Gasteiger charge is 2.37. The zero-order valence-electron chi connectivity index (χ0n) is 19.0. The van der Waals surface area contributed by atoms with Gasteiger partial charge in [-0.05, 0) is 43.2 Å². The van der Waals surface area contributed by atoms with E-state index in [4.69, 9.17) is 0 Å². The van der Waals surface area contributed by atoms with Crippen molar-refractivity contribution in [1.29, 1.82) is 0 Å². The molecule has 1 aliphatic rings. The lowest BCUT2D eigenvalue weighted by Gasteiger charge is -2.41. The van der Waals surface area contributed by atoms with E-state index in [1.165, 1.54) is 6.92 Å². The van der Waals surface area contributed by atoms with Crippen LogP contribution in [-0.2, 0) is 12.7 Å². The molecule has 4 heterocycles. The number of anilines is 1. The van der Waals surface area contributed by atoms with E-state index in [1.54, 1.807) is 31.6 Å². The van der Waals surface area contributed by atoms with Gasteiger partial charge in [0.1, 0.15) is 11.3 Å². The second kappa shape index (κ2) is 9.05. The third-order valence-electron chi connectivity index (χ3n) is 6.09.